The van der Waals surface area contributed by atoms with Gasteiger partial charge in [0.15, 0.2) is 0 Å². The molecular formula is C13H20N2OS. The van der Waals surface area contributed by atoms with Crippen LogP contribution in [0.2, 0.25) is 0 Å². The summed E-state index contributed by atoms with van der Waals surface area (Å²) in [4.78, 5) is 13.4. The normalized spacial score (nSPS) is 18.9. The van der Waals surface area contributed by atoms with E-state index in [0.29, 0.717) is 0 Å². The Labute approximate surface area is 107 Å². The molecule has 1 fully saturated rings. The van der Waals surface area contributed by atoms with Crippen molar-refractivity contribution in [2.45, 2.75) is 26.2 Å². The van der Waals surface area contributed by atoms with E-state index in [0.717, 1.165) is 38.9 Å². The molecule has 1 aliphatic rings. The van der Waals surface area contributed by atoms with E-state index in [2.05, 4.69) is 35.1 Å². The SMILES string of the molecule is CC1(C(=O)NCCc2cccs2)CCNCC1. The lowest BCUT2D eigenvalue weighted by Gasteiger charge is -2.32. The van der Waals surface area contributed by atoms with Gasteiger partial charge in [0.25, 0.3) is 0 Å². The summed E-state index contributed by atoms with van der Waals surface area (Å²) in [5.74, 6) is 0.218. The van der Waals surface area contributed by atoms with Gasteiger partial charge in [-0.3, -0.25) is 4.79 Å². The predicted molar refractivity (Wildman–Crippen MR) is 71.2 cm³/mol. The standard InChI is InChI=1S/C13H20N2OS/c1-13(5-8-14-9-6-13)12(16)15-7-4-11-3-2-10-17-11/h2-3,10,14H,4-9H2,1H3,(H,15,16). The van der Waals surface area contributed by atoms with Crippen LogP contribution in [0.15, 0.2) is 17.5 Å². The van der Waals surface area contributed by atoms with Gasteiger partial charge in [0, 0.05) is 16.8 Å². The molecule has 1 aromatic rings. The van der Waals surface area contributed by atoms with Gasteiger partial charge in [-0.15, -0.1) is 11.3 Å². The monoisotopic (exact) mass is 252 g/mol. The number of thiophene rings is 1. The van der Waals surface area contributed by atoms with E-state index in [1.807, 2.05) is 0 Å². The number of hydrogen-bond donors (Lipinski definition) is 2. The molecule has 2 N–H and O–H groups in total. The summed E-state index contributed by atoms with van der Waals surface area (Å²) in [5.41, 5.74) is -0.166. The lowest BCUT2D eigenvalue weighted by Crippen LogP contribution is -2.46. The van der Waals surface area contributed by atoms with E-state index in [1.165, 1.54) is 4.88 Å². The quantitative estimate of drug-likeness (QED) is 0.858. The largest absolute Gasteiger partial charge is 0.355 e. The third-order valence-electron chi connectivity index (χ3n) is 3.49. The molecule has 0 aliphatic carbocycles. The average Bonchev–Trinajstić information content (AvgIpc) is 2.83. The predicted octanol–water partition coefficient (Wildman–Crippen LogP) is 1.80. The van der Waals surface area contributed by atoms with Crippen molar-refractivity contribution in [3.05, 3.63) is 22.4 Å². The zero-order valence-electron chi connectivity index (χ0n) is 10.3. The van der Waals surface area contributed by atoms with Crippen LogP contribution in [0.1, 0.15) is 24.6 Å². The minimum Gasteiger partial charge on any atom is -0.355 e. The number of hydrogen-bond acceptors (Lipinski definition) is 3. The van der Waals surface area contributed by atoms with E-state index in [9.17, 15) is 4.79 Å². The van der Waals surface area contributed by atoms with Gasteiger partial charge in [-0.2, -0.15) is 0 Å². The van der Waals surface area contributed by atoms with Crippen molar-refractivity contribution in [3.63, 3.8) is 0 Å². The molecule has 94 valence electrons. The van der Waals surface area contributed by atoms with Crippen LogP contribution in [0.4, 0.5) is 0 Å². The topological polar surface area (TPSA) is 41.1 Å². The summed E-state index contributed by atoms with van der Waals surface area (Å²) in [7, 11) is 0. The van der Waals surface area contributed by atoms with Crippen molar-refractivity contribution in [3.8, 4) is 0 Å². The summed E-state index contributed by atoms with van der Waals surface area (Å²) in [5, 5.41) is 8.44. The van der Waals surface area contributed by atoms with Gasteiger partial charge in [-0.25, -0.2) is 0 Å². The third kappa shape index (κ3) is 3.30. The second-order valence-corrected chi connectivity index (χ2v) is 5.93. The lowest BCUT2D eigenvalue weighted by atomic mass is 9.80. The molecule has 17 heavy (non-hydrogen) atoms. The Bertz CT molecular complexity index is 356. The molecule has 0 spiro atoms. The maximum absolute atomic E-state index is 12.1. The van der Waals surface area contributed by atoms with Crippen molar-refractivity contribution in [1.29, 1.82) is 0 Å². The number of amides is 1. The van der Waals surface area contributed by atoms with Crippen LogP contribution in [0, 0.1) is 5.41 Å². The van der Waals surface area contributed by atoms with Crippen LogP contribution in [0.5, 0.6) is 0 Å². The Morgan fingerprint density at radius 3 is 2.94 bits per heavy atom. The Hall–Kier alpha value is -0.870. The number of carbonyl (C=O) groups is 1. The van der Waals surface area contributed by atoms with Crippen LogP contribution in [0.3, 0.4) is 0 Å². The molecule has 1 aliphatic heterocycles. The molecule has 0 atom stereocenters. The Kier molecular flexibility index (Phi) is 4.18. The molecule has 1 amide bonds. The Morgan fingerprint density at radius 1 is 1.53 bits per heavy atom. The van der Waals surface area contributed by atoms with Gasteiger partial charge < -0.3 is 10.6 Å². The van der Waals surface area contributed by atoms with Crippen LogP contribution in [-0.2, 0) is 11.2 Å². The zero-order chi connectivity index (χ0) is 12.1. The first-order valence-corrected chi connectivity index (χ1v) is 7.10. The first-order chi connectivity index (χ1) is 8.21. The number of piperidine rings is 1. The first kappa shape index (κ1) is 12.6. The van der Waals surface area contributed by atoms with Gasteiger partial charge in [-0.05, 0) is 43.8 Å². The van der Waals surface area contributed by atoms with E-state index in [4.69, 9.17) is 0 Å². The second-order valence-electron chi connectivity index (χ2n) is 4.90. The first-order valence-electron chi connectivity index (χ1n) is 6.22. The summed E-state index contributed by atoms with van der Waals surface area (Å²) in [6.45, 7) is 4.74. The minimum absolute atomic E-state index is 0.166. The van der Waals surface area contributed by atoms with Gasteiger partial charge in [-0.1, -0.05) is 13.0 Å². The number of rotatable bonds is 4. The van der Waals surface area contributed by atoms with Crippen molar-refractivity contribution in [1.82, 2.24) is 10.6 Å². The van der Waals surface area contributed by atoms with Gasteiger partial charge in [0.1, 0.15) is 0 Å². The molecule has 4 heteroatoms. The average molecular weight is 252 g/mol. The summed E-state index contributed by atoms with van der Waals surface area (Å²) in [6, 6.07) is 4.17. The van der Waals surface area contributed by atoms with Crippen LogP contribution in [0.25, 0.3) is 0 Å². The lowest BCUT2D eigenvalue weighted by molar-refractivity contribution is -0.131. The van der Waals surface area contributed by atoms with Gasteiger partial charge in [0.05, 0.1) is 0 Å². The maximum Gasteiger partial charge on any atom is 0.226 e. The van der Waals surface area contributed by atoms with Crippen molar-refractivity contribution in [2.75, 3.05) is 19.6 Å². The summed E-state index contributed by atoms with van der Waals surface area (Å²) in [6.07, 6.45) is 2.83. The van der Waals surface area contributed by atoms with Crippen LogP contribution < -0.4 is 10.6 Å². The van der Waals surface area contributed by atoms with E-state index >= 15 is 0 Å². The summed E-state index contributed by atoms with van der Waals surface area (Å²) >= 11 is 1.75. The highest BCUT2D eigenvalue weighted by Gasteiger charge is 2.33. The highest BCUT2D eigenvalue weighted by Crippen LogP contribution is 2.27. The molecule has 0 saturated carbocycles. The molecular weight excluding hydrogens is 232 g/mol. The molecule has 0 unspecified atom stereocenters. The van der Waals surface area contributed by atoms with E-state index in [1.54, 1.807) is 11.3 Å². The molecule has 2 heterocycles. The molecule has 3 nitrogen and oxygen atoms in total. The number of carbonyl (C=O) groups excluding carboxylic acids is 1. The second kappa shape index (κ2) is 5.65. The van der Waals surface area contributed by atoms with Crippen LogP contribution >= 0.6 is 11.3 Å². The minimum atomic E-state index is -0.166. The molecule has 0 bridgehead atoms. The third-order valence-corrected chi connectivity index (χ3v) is 4.43. The zero-order valence-corrected chi connectivity index (χ0v) is 11.1. The maximum atomic E-state index is 12.1. The Balaban J connectivity index is 1.76. The molecule has 1 saturated heterocycles. The fraction of sp³-hybridized carbons (Fsp3) is 0.615. The van der Waals surface area contributed by atoms with E-state index < -0.39 is 0 Å². The highest BCUT2D eigenvalue weighted by atomic mass is 32.1. The smallest absolute Gasteiger partial charge is 0.226 e. The van der Waals surface area contributed by atoms with Gasteiger partial charge >= 0.3 is 0 Å². The molecule has 2 rings (SSSR count). The Morgan fingerprint density at radius 2 is 2.29 bits per heavy atom. The molecule has 0 aromatic carbocycles. The van der Waals surface area contributed by atoms with Crippen LogP contribution in [-0.4, -0.2) is 25.5 Å². The van der Waals surface area contributed by atoms with Crippen molar-refractivity contribution >= 4 is 17.2 Å². The highest BCUT2D eigenvalue weighted by molar-refractivity contribution is 7.09. The molecule has 1 aromatic heterocycles. The fourth-order valence-corrected chi connectivity index (χ4v) is 2.88. The van der Waals surface area contributed by atoms with Crippen molar-refractivity contribution in [2.24, 2.45) is 5.41 Å². The fourth-order valence-electron chi connectivity index (χ4n) is 2.17. The van der Waals surface area contributed by atoms with Crippen molar-refractivity contribution < 1.29 is 4.79 Å². The number of nitrogens with one attached hydrogen (secondary N) is 2. The molecule has 0 radical (unpaired) electrons. The summed E-state index contributed by atoms with van der Waals surface area (Å²) < 4.78 is 0. The van der Waals surface area contributed by atoms with E-state index in [-0.39, 0.29) is 11.3 Å². The van der Waals surface area contributed by atoms with Gasteiger partial charge in [0.2, 0.25) is 5.91 Å².